The van der Waals surface area contributed by atoms with Crippen LogP contribution in [0.5, 0.6) is 0 Å². The van der Waals surface area contributed by atoms with Gasteiger partial charge in [-0.2, -0.15) is 5.26 Å². The number of furan rings is 1. The Bertz CT molecular complexity index is 1130. The number of hydrogen-bond acceptors (Lipinski definition) is 5. The highest BCUT2D eigenvalue weighted by Crippen LogP contribution is 2.31. The minimum absolute atomic E-state index is 0.107. The maximum atomic E-state index is 12.3. The van der Waals surface area contributed by atoms with E-state index in [9.17, 15) is 20.2 Å². The molecule has 7 nitrogen and oxygen atoms in total. The summed E-state index contributed by atoms with van der Waals surface area (Å²) in [5.41, 5.74) is 0.356. The van der Waals surface area contributed by atoms with E-state index in [2.05, 4.69) is 5.32 Å². The number of nitriles is 1. The number of halogens is 1. The van der Waals surface area contributed by atoms with E-state index in [1.807, 2.05) is 0 Å². The molecule has 0 bridgehead atoms. The molecule has 1 heterocycles. The monoisotopic (exact) mass is 393 g/mol. The Labute approximate surface area is 164 Å². The van der Waals surface area contributed by atoms with Crippen LogP contribution in [0.15, 0.2) is 70.7 Å². The summed E-state index contributed by atoms with van der Waals surface area (Å²) in [6, 6.07) is 17.6. The van der Waals surface area contributed by atoms with Gasteiger partial charge in [-0.15, -0.1) is 0 Å². The molecule has 0 aliphatic rings. The van der Waals surface area contributed by atoms with Crippen LogP contribution in [0.3, 0.4) is 0 Å². The second kappa shape index (κ2) is 8.20. The van der Waals surface area contributed by atoms with Crippen molar-refractivity contribution in [1.29, 1.82) is 5.26 Å². The number of hydrogen-bond donors (Lipinski definition) is 1. The predicted octanol–water partition coefficient (Wildman–Crippen LogP) is 5.05. The van der Waals surface area contributed by atoms with E-state index < -0.39 is 10.8 Å². The van der Waals surface area contributed by atoms with E-state index in [1.165, 1.54) is 24.3 Å². The first-order chi connectivity index (χ1) is 13.5. The van der Waals surface area contributed by atoms with Crippen LogP contribution in [0.25, 0.3) is 17.4 Å². The van der Waals surface area contributed by atoms with E-state index in [1.54, 1.807) is 48.5 Å². The number of nitro benzene ring substituents is 1. The third kappa shape index (κ3) is 4.09. The molecule has 2 aromatic carbocycles. The average Bonchev–Trinajstić information content (AvgIpc) is 3.16. The SMILES string of the molecule is N#C/C(=C\c1ccc(-c2ccccc2[N+](=O)[O-])o1)C(=O)Nc1ccccc1Cl. The van der Waals surface area contributed by atoms with Crippen molar-refractivity contribution >= 4 is 35.0 Å². The Morgan fingerprint density at radius 2 is 1.86 bits per heavy atom. The molecule has 3 aromatic rings. The molecule has 1 amide bonds. The van der Waals surface area contributed by atoms with Gasteiger partial charge in [0.1, 0.15) is 23.2 Å². The molecule has 0 aliphatic heterocycles. The van der Waals surface area contributed by atoms with Crippen molar-refractivity contribution in [2.75, 3.05) is 5.32 Å². The summed E-state index contributed by atoms with van der Waals surface area (Å²) in [5, 5.41) is 23.4. The summed E-state index contributed by atoms with van der Waals surface area (Å²) in [4.78, 5) is 23.0. The topological polar surface area (TPSA) is 109 Å². The number of rotatable bonds is 5. The second-order valence-electron chi connectivity index (χ2n) is 5.58. The van der Waals surface area contributed by atoms with Crippen molar-refractivity contribution < 1.29 is 14.1 Å². The maximum Gasteiger partial charge on any atom is 0.280 e. The van der Waals surface area contributed by atoms with E-state index in [4.69, 9.17) is 16.0 Å². The van der Waals surface area contributed by atoms with E-state index in [0.717, 1.165) is 0 Å². The first kappa shape index (κ1) is 18.9. The van der Waals surface area contributed by atoms with Gasteiger partial charge in [-0.3, -0.25) is 14.9 Å². The number of nitrogens with one attached hydrogen (secondary N) is 1. The largest absolute Gasteiger partial charge is 0.456 e. The summed E-state index contributed by atoms with van der Waals surface area (Å²) >= 11 is 6.00. The van der Waals surface area contributed by atoms with E-state index in [-0.39, 0.29) is 22.8 Å². The Kier molecular flexibility index (Phi) is 5.53. The van der Waals surface area contributed by atoms with Gasteiger partial charge in [-0.1, -0.05) is 35.9 Å². The zero-order chi connectivity index (χ0) is 20.1. The summed E-state index contributed by atoms with van der Waals surface area (Å²) in [6.45, 7) is 0. The molecular formula is C20H12ClN3O4. The van der Waals surface area contributed by atoms with Crippen LogP contribution in [0.4, 0.5) is 11.4 Å². The molecule has 138 valence electrons. The molecule has 0 unspecified atom stereocenters. The lowest BCUT2D eigenvalue weighted by Crippen LogP contribution is -2.13. The van der Waals surface area contributed by atoms with Gasteiger partial charge in [0.25, 0.3) is 11.6 Å². The fourth-order valence-corrected chi connectivity index (χ4v) is 2.64. The van der Waals surface area contributed by atoms with Crippen molar-refractivity contribution in [3.05, 3.63) is 87.1 Å². The molecule has 0 spiro atoms. The van der Waals surface area contributed by atoms with Crippen molar-refractivity contribution in [3.63, 3.8) is 0 Å². The third-order valence-electron chi connectivity index (χ3n) is 3.77. The van der Waals surface area contributed by atoms with E-state index in [0.29, 0.717) is 16.3 Å². The molecule has 0 aliphatic carbocycles. The first-order valence-electron chi connectivity index (χ1n) is 8.01. The molecule has 0 saturated heterocycles. The number of amides is 1. The number of nitro groups is 1. The van der Waals surface area contributed by atoms with Gasteiger partial charge in [0.05, 0.1) is 21.2 Å². The number of para-hydroxylation sites is 2. The van der Waals surface area contributed by atoms with Gasteiger partial charge in [-0.25, -0.2) is 0 Å². The van der Waals surface area contributed by atoms with Gasteiger partial charge < -0.3 is 9.73 Å². The molecule has 1 aromatic heterocycles. The minimum Gasteiger partial charge on any atom is -0.456 e. The van der Waals surface area contributed by atoms with Gasteiger partial charge in [0.2, 0.25) is 0 Å². The van der Waals surface area contributed by atoms with Gasteiger partial charge in [-0.05, 0) is 30.3 Å². The molecule has 0 saturated carbocycles. The van der Waals surface area contributed by atoms with Crippen LogP contribution >= 0.6 is 11.6 Å². The van der Waals surface area contributed by atoms with Crippen LogP contribution in [0, 0.1) is 21.4 Å². The summed E-state index contributed by atoms with van der Waals surface area (Å²) < 4.78 is 5.58. The fraction of sp³-hybridized carbons (Fsp3) is 0. The Morgan fingerprint density at radius 1 is 1.14 bits per heavy atom. The zero-order valence-electron chi connectivity index (χ0n) is 14.3. The smallest absolute Gasteiger partial charge is 0.280 e. The van der Waals surface area contributed by atoms with Crippen LogP contribution in [-0.4, -0.2) is 10.8 Å². The molecule has 8 heteroatoms. The lowest BCUT2D eigenvalue weighted by molar-refractivity contribution is -0.384. The lowest BCUT2D eigenvalue weighted by Gasteiger charge is -2.05. The van der Waals surface area contributed by atoms with Gasteiger partial charge in [0.15, 0.2) is 0 Å². The van der Waals surface area contributed by atoms with E-state index >= 15 is 0 Å². The highest BCUT2D eigenvalue weighted by Gasteiger charge is 2.18. The molecule has 0 radical (unpaired) electrons. The molecule has 28 heavy (non-hydrogen) atoms. The molecule has 1 N–H and O–H groups in total. The molecular weight excluding hydrogens is 382 g/mol. The van der Waals surface area contributed by atoms with Crippen molar-refractivity contribution in [1.82, 2.24) is 0 Å². The summed E-state index contributed by atoms with van der Waals surface area (Å²) in [5.74, 6) is -0.194. The standard InChI is InChI=1S/C20H12ClN3O4/c21-16-6-2-3-7-17(16)23-20(25)13(12-22)11-14-9-10-19(28-14)15-5-1-4-8-18(15)24(26)27/h1-11H,(H,23,25)/b13-11+. The van der Waals surface area contributed by atoms with Crippen molar-refractivity contribution in [3.8, 4) is 17.4 Å². The minimum atomic E-state index is -0.653. The second-order valence-corrected chi connectivity index (χ2v) is 5.99. The quantitative estimate of drug-likeness (QED) is 0.282. The van der Waals surface area contributed by atoms with Crippen LogP contribution < -0.4 is 5.32 Å². The Balaban J connectivity index is 1.87. The highest BCUT2D eigenvalue weighted by molar-refractivity contribution is 6.34. The number of carbonyl (C=O) groups is 1. The fourth-order valence-electron chi connectivity index (χ4n) is 2.46. The maximum absolute atomic E-state index is 12.3. The van der Waals surface area contributed by atoms with Crippen LogP contribution in [0.2, 0.25) is 5.02 Å². The number of carbonyl (C=O) groups excluding carboxylic acids is 1. The first-order valence-corrected chi connectivity index (χ1v) is 8.38. The van der Waals surface area contributed by atoms with Crippen LogP contribution in [-0.2, 0) is 4.79 Å². The molecule has 0 atom stereocenters. The van der Waals surface area contributed by atoms with Crippen molar-refractivity contribution in [2.24, 2.45) is 0 Å². The number of benzene rings is 2. The zero-order valence-corrected chi connectivity index (χ0v) is 15.0. The normalized spacial score (nSPS) is 10.9. The Hall–Kier alpha value is -3.89. The predicted molar refractivity (Wildman–Crippen MR) is 104 cm³/mol. The average molecular weight is 394 g/mol. The van der Waals surface area contributed by atoms with Gasteiger partial charge >= 0.3 is 0 Å². The van der Waals surface area contributed by atoms with Crippen molar-refractivity contribution in [2.45, 2.75) is 0 Å². The highest BCUT2D eigenvalue weighted by atomic mass is 35.5. The summed E-state index contributed by atoms with van der Waals surface area (Å²) in [7, 11) is 0. The molecule has 3 rings (SSSR count). The number of anilines is 1. The number of nitrogens with zero attached hydrogens (tertiary/aromatic N) is 2. The Morgan fingerprint density at radius 3 is 2.57 bits per heavy atom. The summed E-state index contributed by atoms with van der Waals surface area (Å²) in [6.07, 6.45) is 1.25. The van der Waals surface area contributed by atoms with Gasteiger partial charge in [0, 0.05) is 12.1 Å². The lowest BCUT2D eigenvalue weighted by atomic mass is 10.1. The third-order valence-corrected chi connectivity index (χ3v) is 4.10. The molecule has 0 fully saturated rings. The van der Waals surface area contributed by atoms with Crippen LogP contribution in [0.1, 0.15) is 5.76 Å².